The Morgan fingerprint density at radius 2 is 1.92 bits per heavy atom. The van der Waals surface area contributed by atoms with E-state index in [4.69, 9.17) is 0 Å². The maximum atomic E-state index is 12.8. The van der Waals surface area contributed by atoms with Gasteiger partial charge in [-0.1, -0.05) is 17.7 Å². The summed E-state index contributed by atoms with van der Waals surface area (Å²) in [6.45, 7) is 4.07. The van der Waals surface area contributed by atoms with Crippen molar-refractivity contribution in [3.05, 3.63) is 34.7 Å². The van der Waals surface area contributed by atoms with Gasteiger partial charge in [-0.05, 0) is 56.6 Å². The zero-order valence-electron chi connectivity index (χ0n) is 14.8. The lowest BCUT2D eigenvalue weighted by molar-refractivity contribution is -0.314. The number of carbonyl (C=O) groups is 2. The molecule has 1 heterocycles. The summed E-state index contributed by atoms with van der Waals surface area (Å²) in [5.74, 6) is -2.23. The number of aliphatic carboxylic acids is 1. The number of rotatable bonds is 4. The van der Waals surface area contributed by atoms with Gasteiger partial charge in [0.25, 0.3) is 0 Å². The highest BCUT2D eigenvalue weighted by atomic mass is 32.1. The second-order valence-corrected chi connectivity index (χ2v) is 8.41. The van der Waals surface area contributed by atoms with Crippen LogP contribution in [0.5, 0.6) is 0 Å². The number of aromatic nitrogens is 1. The Kier molecular flexibility index (Phi) is 4.31. The number of thiazole rings is 1. The quantitative estimate of drug-likeness (QED) is 0.898. The molecular weight excluding hydrogens is 348 g/mol. The molecule has 2 fully saturated rings. The molecule has 2 aliphatic carbocycles. The second kappa shape index (κ2) is 6.50. The van der Waals surface area contributed by atoms with Gasteiger partial charge in [-0.25, -0.2) is 4.98 Å². The van der Waals surface area contributed by atoms with Crippen LogP contribution in [0, 0.1) is 37.5 Å². The van der Waals surface area contributed by atoms with E-state index in [1.807, 2.05) is 19.2 Å². The highest BCUT2D eigenvalue weighted by Crippen LogP contribution is 2.52. The first-order chi connectivity index (χ1) is 12.4. The summed E-state index contributed by atoms with van der Waals surface area (Å²) in [4.78, 5) is 28.8. The van der Waals surface area contributed by atoms with Gasteiger partial charge in [0.15, 0.2) is 5.13 Å². The van der Waals surface area contributed by atoms with Crippen LogP contribution in [0.4, 0.5) is 5.13 Å². The fourth-order valence-electron chi connectivity index (χ4n) is 4.66. The smallest absolute Gasteiger partial charge is 0.230 e. The van der Waals surface area contributed by atoms with Gasteiger partial charge in [0.05, 0.1) is 5.69 Å². The predicted octanol–water partition coefficient (Wildman–Crippen LogP) is 2.78. The number of carboxylic acid groups (broad SMARTS) is 1. The number of anilines is 1. The first kappa shape index (κ1) is 17.2. The Labute approximate surface area is 156 Å². The van der Waals surface area contributed by atoms with E-state index in [2.05, 4.69) is 28.5 Å². The van der Waals surface area contributed by atoms with Crippen molar-refractivity contribution < 1.29 is 14.7 Å². The van der Waals surface area contributed by atoms with Gasteiger partial charge in [-0.2, -0.15) is 0 Å². The first-order valence-corrected chi connectivity index (χ1v) is 9.87. The summed E-state index contributed by atoms with van der Waals surface area (Å²) >= 11 is 1.37. The van der Waals surface area contributed by atoms with Gasteiger partial charge >= 0.3 is 0 Å². The molecule has 6 heteroatoms. The number of amides is 1. The average Bonchev–Trinajstić information content (AvgIpc) is 3.32. The molecule has 5 nitrogen and oxygen atoms in total. The molecule has 2 aromatic rings. The van der Waals surface area contributed by atoms with E-state index in [1.165, 1.54) is 11.3 Å². The number of hydrogen-bond acceptors (Lipinski definition) is 5. The summed E-state index contributed by atoms with van der Waals surface area (Å²) in [5.41, 5.74) is 4.16. The minimum absolute atomic E-state index is 0.0857. The fourth-order valence-corrected chi connectivity index (χ4v) is 5.38. The third kappa shape index (κ3) is 2.92. The van der Waals surface area contributed by atoms with Crippen molar-refractivity contribution in [1.29, 1.82) is 0 Å². The number of carboxylic acids is 1. The van der Waals surface area contributed by atoms with Gasteiger partial charge in [-0.3, -0.25) is 4.79 Å². The number of carbonyl (C=O) groups excluding carboxylic acids is 2. The molecule has 0 aliphatic heterocycles. The van der Waals surface area contributed by atoms with Crippen molar-refractivity contribution in [3.63, 3.8) is 0 Å². The first-order valence-electron chi connectivity index (χ1n) is 8.99. The Balaban J connectivity index is 1.53. The third-order valence-corrected chi connectivity index (χ3v) is 6.65. The van der Waals surface area contributed by atoms with E-state index in [1.54, 1.807) is 0 Å². The Morgan fingerprint density at radius 3 is 2.65 bits per heavy atom. The molecule has 1 aromatic heterocycles. The third-order valence-electron chi connectivity index (χ3n) is 5.89. The van der Waals surface area contributed by atoms with Gasteiger partial charge in [0, 0.05) is 28.7 Å². The molecule has 136 valence electrons. The lowest BCUT2D eigenvalue weighted by Gasteiger charge is -2.30. The summed E-state index contributed by atoms with van der Waals surface area (Å²) < 4.78 is 0. The zero-order chi connectivity index (χ0) is 18.4. The Hall–Kier alpha value is -2.21. The van der Waals surface area contributed by atoms with Crippen molar-refractivity contribution in [2.75, 3.05) is 5.32 Å². The van der Waals surface area contributed by atoms with Crippen LogP contribution in [0.15, 0.2) is 23.6 Å². The van der Waals surface area contributed by atoms with Crippen LogP contribution in [-0.4, -0.2) is 16.9 Å². The topological polar surface area (TPSA) is 82.1 Å². The molecule has 0 spiro atoms. The van der Waals surface area contributed by atoms with Crippen LogP contribution in [-0.2, 0) is 9.59 Å². The van der Waals surface area contributed by atoms with E-state index in [-0.39, 0.29) is 17.7 Å². The van der Waals surface area contributed by atoms with Gasteiger partial charge in [0.2, 0.25) is 5.91 Å². The molecule has 1 N–H and O–H groups in total. The van der Waals surface area contributed by atoms with Gasteiger partial charge in [0.1, 0.15) is 0 Å². The molecule has 26 heavy (non-hydrogen) atoms. The molecule has 0 saturated heterocycles. The average molecular weight is 369 g/mol. The summed E-state index contributed by atoms with van der Waals surface area (Å²) in [6, 6.07) is 6.20. The van der Waals surface area contributed by atoms with E-state index in [9.17, 15) is 14.7 Å². The lowest BCUT2D eigenvalue weighted by atomic mass is 9.79. The number of nitrogens with zero attached hydrogens (tertiary/aromatic N) is 1. The minimum atomic E-state index is -1.09. The Morgan fingerprint density at radius 1 is 1.19 bits per heavy atom. The fraction of sp³-hybridized carbons (Fsp3) is 0.450. The van der Waals surface area contributed by atoms with Crippen molar-refractivity contribution >= 4 is 28.3 Å². The standard InChI is InChI=1S/C20H22N2O3S/c1-10-3-4-11(2)14(7-10)15-9-26-20(21-15)22-18(23)16-12-5-6-13(8-12)17(16)19(24)25/h3-4,7,9,12-13,16-17H,5-6,8H2,1-2H3,(H,24,25)(H,21,22,23)/p-1/t12-,13+,16-,17+/m1/s1. The Bertz CT molecular complexity index is 876. The van der Waals surface area contributed by atoms with Crippen molar-refractivity contribution in [1.82, 2.24) is 4.98 Å². The maximum absolute atomic E-state index is 12.8. The molecule has 1 aromatic carbocycles. The van der Waals surface area contributed by atoms with E-state index >= 15 is 0 Å². The number of benzene rings is 1. The summed E-state index contributed by atoms with van der Waals surface area (Å²) in [5, 5.41) is 16.8. The number of aryl methyl sites for hydroxylation is 2. The molecule has 0 unspecified atom stereocenters. The van der Waals surface area contributed by atoms with Crippen molar-refractivity contribution in [3.8, 4) is 11.3 Å². The molecule has 4 rings (SSSR count). The monoisotopic (exact) mass is 369 g/mol. The molecule has 4 atom stereocenters. The molecule has 2 bridgehead atoms. The van der Waals surface area contributed by atoms with E-state index < -0.39 is 17.8 Å². The highest BCUT2D eigenvalue weighted by Gasteiger charge is 2.51. The number of hydrogen-bond donors (Lipinski definition) is 1. The number of fused-ring (bicyclic) bond motifs is 2. The van der Waals surface area contributed by atoms with Crippen molar-refractivity contribution in [2.24, 2.45) is 23.7 Å². The maximum Gasteiger partial charge on any atom is 0.230 e. The molecule has 2 aliphatic rings. The van der Waals surface area contributed by atoms with Crippen LogP contribution in [0.1, 0.15) is 30.4 Å². The molecular formula is C20H21N2O3S-. The normalized spacial score (nSPS) is 26.8. The summed E-state index contributed by atoms with van der Waals surface area (Å²) in [7, 11) is 0. The molecule has 2 saturated carbocycles. The zero-order valence-corrected chi connectivity index (χ0v) is 15.6. The van der Waals surface area contributed by atoms with Gasteiger partial charge < -0.3 is 15.2 Å². The summed E-state index contributed by atoms with van der Waals surface area (Å²) in [6.07, 6.45) is 2.64. The molecule has 0 radical (unpaired) electrons. The molecule has 1 amide bonds. The second-order valence-electron chi connectivity index (χ2n) is 7.55. The predicted molar refractivity (Wildman–Crippen MR) is 98.5 cm³/mol. The van der Waals surface area contributed by atoms with Crippen LogP contribution >= 0.6 is 11.3 Å². The van der Waals surface area contributed by atoms with E-state index in [0.29, 0.717) is 5.13 Å². The van der Waals surface area contributed by atoms with Crippen LogP contribution in [0.25, 0.3) is 11.3 Å². The SMILES string of the molecule is Cc1ccc(C)c(-c2csc(NC(=O)[C@@H]3[C@@H]4CC[C@@H](C4)[C@@H]3C(=O)[O-])n2)c1. The van der Waals surface area contributed by atoms with E-state index in [0.717, 1.165) is 41.6 Å². The minimum Gasteiger partial charge on any atom is -0.550 e. The lowest BCUT2D eigenvalue weighted by Crippen LogP contribution is -2.43. The van der Waals surface area contributed by atoms with Gasteiger partial charge in [-0.15, -0.1) is 11.3 Å². The van der Waals surface area contributed by atoms with Crippen molar-refractivity contribution in [2.45, 2.75) is 33.1 Å². The van der Waals surface area contributed by atoms with Crippen LogP contribution < -0.4 is 10.4 Å². The van der Waals surface area contributed by atoms with Crippen LogP contribution in [0.2, 0.25) is 0 Å². The largest absolute Gasteiger partial charge is 0.550 e. The van der Waals surface area contributed by atoms with Crippen LogP contribution in [0.3, 0.4) is 0 Å². The number of nitrogens with one attached hydrogen (secondary N) is 1. The highest BCUT2D eigenvalue weighted by molar-refractivity contribution is 7.14.